The topological polar surface area (TPSA) is 107 Å². The Bertz CT molecular complexity index is 779. The molecule has 0 aliphatic carbocycles. The molecule has 128 valence electrons. The number of esters is 1. The second-order valence-electron chi connectivity index (χ2n) is 4.78. The predicted molar refractivity (Wildman–Crippen MR) is 84.5 cm³/mol. The van der Waals surface area contributed by atoms with Crippen molar-refractivity contribution in [3.05, 3.63) is 18.2 Å². The largest absolute Gasteiger partial charge is 0.502 e. The van der Waals surface area contributed by atoms with Crippen molar-refractivity contribution in [3.63, 3.8) is 0 Å². The Morgan fingerprint density at radius 2 is 1.79 bits per heavy atom. The Hall–Kier alpha value is -3.16. The third kappa shape index (κ3) is 3.43. The highest BCUT2D eigenvalue weighted by molar-refractivity contribution is 5.91. The lowest BCUT2D eigenvalue weighted by molar-refractivity contribution is -0.132. The van der Waals surface area contributed by atoms with E-state index < -0.39 is 17.6 Å². The maximum absolute atomic E-state index is 11.3. The first kappa shape index (κ1) is 17.2. The summed E-state index contributed by atoms with van der Waals surface area (Å²) in [6.07, 6.45) is 0. The maximum atomic E-state index is 11.3. The van der Waals surface area contributed by atoms with Crippen molar-refractivity contribution in [3.8, 4) is 34.3 Å². The van der Waals surface area contributed by atoms with Gasteiger partial charge in [-0.15, -0.1) is 0 Å². The quantitative estimate of drug-likeness (QED) is 0.808. The fourth-order valence-electron chi connectivity index (χ4n) is 2.06. The molecule has 0 saturated carbocycles. The van der Waals surface area contributed by atoms with E-state index in [1.54, 1.807) is 18.2 Å². The molecule has 0 spiro atoms. The summed E-state index contributed by atoms with van der Waals surface area (Å²) in [6.45, 7) is 2.42. The Labute approximate surface area is 137 Å². The summed E-state index contributed by atoms with van der Waals surface area (Å²) < 4.78 is 20.7. The maximum Gasteiger partial charge on any atom is 0.308 e. The van der Waals surface area contributed by atoms with Gasteiger partial charge in [-0.2, -0.15) is 0 Å². The zero-order valence-electron chi connectivity index (χ0n) is 13.6. The lowest BCUT2D eigenvalue weighted by Gasteiger charge is -2.08. The Morgan fingerprint density at radius 1 is 1.12 bits per heavy atom. The fraction of sp³-hybridized carbons (Fsp3) is 0.250. The van der Waals surface area contributed by atoms with E-state index in [4.69, 9.17) is 18.6 Å². The van der Waals surface area contributed by atoms with Gasteiger partial charge in [0.1, 0.15) is 0 Å². The van der Waals surface area contributed by atoms with E-state index in [0.29, 0.717) is 17.1 Å². The van der Waals surface area contributed by atoms with E-state index in [2.05, 4.69) is 5.32 Å². The number of hydrogen-bond donors (Lipinski definition) is 2. The van der Waals surface area contributed by atoms with Gasteiger partial charge in [0.25, 0.3) is 0 Å². The van der Waals surface area contributed by atoms with Gasteiger partial charge in [0.05, 0.1) is 14.2 Å². The molecule has 24 heavy (non-hydrogen) atoms. The summed E-state index contributed by atoms with van der Waals surface area (Å²) in [5.74, 6) is -1.04. The normalized spacial score (nSPS) is 10.2. The van der Waals surface area contributed by atoms with Crippen LogP contribution in [0, 0.1) is 0 Å². The molecule has 2 rings (SSSR count). The number of amides is 1. The molecule has 0 fully saturated rings. The van der Waals surface area contributed by atoms with Crippen LogP contribution in [0.5, 0.6) is 23.0 Å². The summed E-state index contributed by atoms with van der Waals surface area (Å²) in [6, 6.07) is 4.82. The third-order valence-electron chi connectivity index (χ3n) is 3.02. The Kier molecular flexibility index (Phi) is 4.98. The monoisotopic (exact) mass is 335 g/mol. The number of carbonyl (C=O) groups excluding carboxylic acids is 2. The molecule has 1 amide bonds. The van der Waals surface area contributed by atoms with Gasteiger partial charge in [0, 0.05) is 19.4 Å². The van der Waals surface area contributed by atoms with Crippen LogP contribution in [0.2, 0.25) is 0 Å². The molecule has 1 heterocycles. The van der Waals surface area contributed by atoms with E-state index in [1.165, 1.54) is 28.1 Å². The third-order valence-corrected chi connectivity index (χ3v) is 3.02. The van der Waals surface area contributed by atoms with Gasteiger partial charge in [-0.3, -0.25) is 14.9 Å². The van der Waals surface area contributed by atoms with Crippen LogP contribution in [0.1, 0.15) is 13.8 Å². The highest BCUT2D eigenvalue weighted by Crippen LogP contribution is 2.47. The van der Waals surface area contributed by atoms with Gasteiger partial charge in [-0.05, 0) is 18.2 Å². The van der Waals surface area contributed by atoms with E-state index in [0.717, 1.165) is 0 Å². The van der Waals surface area contributed by atoms with E-state index in [9.17, 15) is 14.7 Å². The number of anilines is 1. The zero-order chi connectivity index (χ0) is 17.9. The van der Waals surface area contributed by atoms with Gasteiger partial charge in [-0.25, -0.2) is 0 Å². The fourth-order valence-corrected chi connectivity index (χ4v) is 2.06. The lowest BCUT2D eigenvalue weighted by Crippen LogP contribution is -2.08. The van der Waals surface area contributed by atoms with Crippen molar-refractivity contribution in [2.75, 3.05) is 19.5 Å². The number of rotatable bonds is 5. The molecule has 1 aromatic heterocycles. The number of nitrogens with one attached hydrogen (secondary N) is 1. The van der Waals surface area contributed by atoms with Crippen molar-refractivity contribution in [2.45, 2.75) is 13.8 Å². The first-order valence-corrected chi connectivity index (χ1v) is 6.91. The zero-order valence-corrected chi connectivity index (χ0v) is 13.6. The van der Waals surface area contributed by atoms with Crippen molar-refractivity contribution < 1.29 is 33.3 Å². The molecule has 0 atom stereocenters. The van der Waals surface area contributed by atoms with Crippen LogP contribution in [-0.2, 0) is 9.59 Å². The minimum atomic E-state index is -0.670. The second-order valence-corrected chi connectivity index (χ2v) is 4.78. The van der Waals surface area contributed by atoms with Crippen LogP contribution < -0.4 is 19.5 Å². The van der Waals surface area contributed by atoms with Crippen LogP contribution in [0.15, 0.2) is 22.6 Å². The molecule has 1 aromatic carbocycles. The van der Waals surface area contributed by atoms with Crippen molar-refractivity contribution in [2.24, 2.45) is 0 Å². The SMILES string of the molecule is COc1ccc(-c2oc(NC(C)=O)c(OC(C)=O)c2O)cc1OC. The second kappa shape index (κ2) is 6.95. The average Bonchev–Trinajstić information content (AvgIpc) is 2.82. The molecule has 0 radical (unpaired) electrons. The molecule has 2 aromatic rings. The van der Waals surface area contributed by atoms with Crippen LogP contribution in [0.25, 0.3) is 11.3 Å². The minimum absolute atomic E-state index is 0.0101. The first-order valence-electron chi connectivity index (χ1n) is 6.91. The minimum Gasteiger partial charge on any atom is -0.502 e. The van der Waals surface area contributed by atoms with E-state index in [-0.39, 0.29) is 17.4 Å². The number of aromatic hydroxyl groups is 1. The number of benzene rings is 1. The van der Waals surface area contributed by atoms with Gasteiger partial charge in [0.2, 0.25) is 23.3 Å². The van der Waals surface area contributed by atoms with Gasteiger partial charge in [-0.1, -0.05) is 0 Å². The smallest absolute Gasteiger partial charge is 0.308 e. The number of methoxy groups -OCH3 is 2. The summed E-state index contributed by atoms with van der Waals surface area (Å²) in [5, 5.41) is 12.7. The molecular formula is C16H17NO7. The molecule has 0 unspecified atom stereocenters. The molecule has 8 heteroatoms. The number of ether oxygens (including phenoxy) is 3. The number of hydrogen-bond acceptors (Lipinski definition) is 7. The highest BCUT2D eigenvalue weighted by Gasteiger charge is 2.25. The van der Waals surface area contributed by atoms with Crippen molar-refractivity contribution in [1.82, 2.24) is 0 Å². The Morgan fingerprint density at radius 3 is 2.33 bits per heavy atom. The number of furan rings is 1. The molecule has 0 aliphatic rings. The predicted octanol–water partition coefficient (Wildman–Crippen LogP) is 2.55. The van der Waals surface area contributed by atoms with Crippen LogP contribution in [-0.4, -0.2) is 31.2 Å². The Balaban J connectivity index is 2.56. The lowest BCUT2D eigenvalue weighted by atomic mass is 10.1. The highest BCUT2D eigenvalue weighted by atomic mass is 16.6. The van der Waals surface area contributed by atoms with Gasteiger partial charge in [0.15, 0.2) is 17.3 Å². The summed E-state index contributed by atoms with van der Waals surface area (Å²) >= 11 is 0. The summed E-state index contributed by atoms with van der Waals surface area (Å²) in [7, 11) is 2.96. The summed E-state index contributed by atoms with van der Waals surface area (Å²) in [4.78, 5) is 22.5. The first-order chi connectivity index (χ1) is 11.4. The van der Waals surface area contributed by atoms with Gasteiger partial charge < -0.3 is 23.7 Å². The molecule has 0 bridgehead atoms. The molecular weight excluding hydrogens is 318 g/mol. The summed E-state index contributed by atoms with van der Waals surface area (Å²) in [5.41, 5.74) is 0.440. The van der Waals surface area contributed by atoms with E-state index in [1.807, 2.05) is 0 Å². The average molecular weight is 335 g/mol. The van der Waals surface area contributed by atoms with E-state index >= 15 is 0 Å². The standard InChI is InChI=1S/C16H17NO7/c1-8(18)17-16-15(23-9(2)19)13(20)14(24-16)10-5-6-11(21-3)12(7-10)22-4/h5-7,20H,1-4H3,(H,17,18). The van der Waals surface area contributed by atoms with Crippen LogP contribution >= 0.6 is 0 Å². The van der Waals surface area contributed by atoms with Crippen LogP contribution in [0.4, 0.5) is 5.88 Å². The van der Waals surface area contributed by atoms with Crippen LogP contribution in [0.3, 0.4) is 0 Å². The van der Waals surface area contributed by atoms with Crippen molar-refractivity contribution >= 4 is 17.8 Å². The number of carbonyl (C=O) groups is 2. The molecule has 2 N–H and O–H groups in total. The molecule has 0 saturated heterocycles. The van der Waals surface area contributed by atoms with Gasteiger partial charge >= 0.3 is 5.97 Å². The molecule has 8 nitrogen and oxygen atoms in total. The van der Waals surface area contributed by atoms with Crippen molar-refractivity contribution in [1.29, 1.82) is 0 Å². The molecule has 0 aliphatic heterocycles.